The molecule has 0 saturated carbocycles. The molecule has 128 valence electrons. The van der Waals surface area contributed by atoms with Gasteiger partial charge in [0.15, 0.2) is 0 Å². The summed E-state index contributed by atoms with van der Waals surface area (Å²) in [5.41, 5.74) is 3.78. The molecular formula is C22H24N2O. The van der Waals surface area contributed by atoms with Crippen LogP contribution in [0.15, 0.2) is 60.8 Å². The number of carbonyl (C=O) groups is 1. The van der Waals surface area contributed by atoms with Gasteiger partial charge in [0.1, 0.15) is 0 Å². The van der Waals surface area contributed by atoms with E-state index in [0.717, 1.165) is 41.5 Å². The predicted molar refractivity (Wildman–Crippen MR) is 104 cm³/mol. The highest BCUT2D eigenvalue weighted by Gasteiger charge is 2.20. The monoisotopic (exact) mass is 332 g/mol. The van der Waals surface area contributed by atoms with Crippen molar-refractivity contribution in [1.82, 2.24) is 4.98 Å². The maximum atomic E-state index is 13.0. The zero-order valence-corrected chi connectivity index (χ0v) is 14.9. The maximum Gasteiger partial charge on any atom is 0.231 e. The lowest BCUT2D eigenvalue weighted by Gasteiger charge is -2.24. The fourth-order valence-corrected chi connectivity index (χ4v) is 3.02. The minimum Gasteiger partial charge on any atom is -0.279 e. The standard InChI is InChI=1S/C22H24N2O/c1-3-4-5-11-21(25)24(19-14-12-17(2)13-15-19)20-10-6-8-18-9-7-16-23-22(18)20/h6-10,12-16H,3-5,11H2,1-2H3. The Morgan fingerprint density at radius 3 is 2.52 bits per heavy atom. The minimum absolute atomic E-state index is 0.121. The first-order chi connectivity index (χ1) is 12.2. The van der Waals surface area contributed by atoms with Gasteiger partial charge in [-0.05, 0) is 37.6 Å². The number of hydrogen-bond acceptors (Lipinski definition) is 2. The molecule has 0 fully saturated rings. The topological polar surface area (TPSA) is 33.2 Å². The lowest BCUT2D eigenvalue weighted by molar-refractivity contribution is -0.118. The number of anilines is 2. The number of fused-ring (bicyclic) bond motifs is 1. The Balaban J connectivity index is 2.06. The lowest BCUT2D eigenvalue weighted by Crippen LogP contribution is -2.26. The van der Waals surface area contributed by atoms with Crippen LogP contribution in [0.5, 0.6) is 0 Å². The molecule has 0 bridgehead atoms. The number of carbonyl (C=O) groups excluding carboxylic acids is 1. The fourth-order valence-electron chi connectivity index (χ4n) is 3.02. The largest absolute Gasteiger partial charge is 0.279 e. The second kappa shape index (κ2) is 7.93. The number of nitrogens with zero attached hydrogens (tertiary/aromatic N) is 2. The van der Waals surface area contributed by atoms with E-state index >= 15 is 0 Å². The Hall–Kier alpha value is -2.68. The summed E-state index contributed by atoms with van der Waals surface area (Å²) in [6.45, 7) is 4.20. The summed E-state index contributed by atoms with van der Waals surface area (Å²) in [6.07, 6.45) is 5.41. The molecule has 3 rings (SSSR count). The summed E-state index contributed by atoms with van der Waals surface area (Å²) in [5, 5.41) is 1.04. The number of rotatable bonds is 6. The summed E-state index contributed by atoms with van der Waals surface area (Å²) < 4.78 is 0. The third kappa shape index (κ3) is 3.87. The predicted octanol–water partition coefficient (Wildman–Crippen LogP) is 5.79. The summed E-state index contributed by atoms with van der Waals surface area (Å²) in [7, 11) is 0. The molecule has 0 aliphatic rings. The van der Waals surface area contributed by atoms with Crippen LogP contribution in [0.25, 0.3) is 10.9 Å². The lowest BCUT2D eigenvalue weighted by atomic mass is 10.1. The van der Waals surface area contributed by atoms with Gasteiger partial charge in [-0.1, -0.05) is 55.7 Å². The zero-order valence-electron chi connectivity index (χ0n) is 14.9. The van der Waals surface area contributed by atoms with Crippen molar-refractivity contribution in [3.8, 4) is 0 Å². The van der Waals surface area contributed by atoms with Crippen molar-refractivity contribution < 1.29 is 4.79 Å². The van der Waals surface area contributed by atoms with Gasteiger partial charge in [-0.3, -0.25) is 14.7 Å². The summed E-state index contributed by atoms with van der Waals surface area (Å²) in [5.74, 6) is 0.121. The Kier molecular flexibility index (Phi) is 5.44. The molecule has 0 radical (unpaired) electrons. The number of unbranched alkanes of at least 4 members (excludes halogenated alkanes) is 2. The van der Waals surface area contributed by atoms with Gasteiger partial charge in [-0.15, -0.1) is 0 Å². The van der Waals surface area contributed by atoms with E-state index in [1.54, 1.807) is 6.20 Å². The van der Waals surface area contributed by atoms with Crippen LogP contribution in [0.1, 0.15) is 38.2 Å². The van der Waals surface area contributed by atoms with Gasteiger partial charge in [0.25, 0.3) is 0 Å². The first-order valence-electron chi connectivity index (χ1n) is 8.94. The van der Waals surface area contributed by atoms with Crippen LogP contribution in [0, 0.1) is 6.92 Å². The summed E-state index contributed by atoms with van der Waals surface area (Å²) in [6, 6.07) is 18.0. The molecule has 1 aromatic heterocycles. The average Bonchev–Trinajstić information content (AvgIpc) is 2.64. The van der Waals surface area contributed by atoms with Crippen molar-refractivity contribution in [2.45, 2.75) is 39.5 Å². The molecule has 1 amide bonds. The van der Waals surface area contributed by atoms with Crippen LogP contribution in [0.4, 0.5) is 11.4 Å². The van der Waals surface area contributed by atoms with E-state index in [0.29, 0.717) is 6.42 Å². The Morgan fingerprint density at radius 2 is 1.76 bits per heavy atom. The number of amides is 1. The number of aromatic nitrogens is 1. The van der Waals surface area contributed by atoms with Gasteiger partial charge in [-0.2, -0.15) is 0 Å². The van der Waals surface area contributed by atoms with Crippen LogP contribution in [-0.2, 0) is 4.79 Å². The molecule has 3 aromatic rings. The molecule has 3 heteroatoms. The van der Waals surface area contributed by atoms with E-state index < -0.39 is 0 Å². The molecule has 2 aromatic carbocycles. The van der Waals surface area contributed by atoms with Crippen molar-refractivity contribution in [3.05, 3.63) is 66.4 Å². The van der Waals surface area contributed by atoms with Crippen molar-refractivity contribution in [3.63, 3.8) is 0 Å². The molecular weight excluding hydrogens is 308 g/mol. The van der Waals surface area contributed by atoms with Gasteiger partial charge in [0, 0.05) is 23.7 Å². The third-order valence-electron chi connectivity index (χ3n) is 4.39. The number of pyridine rings is 1. The van der Waals surface area contributed by atoms with Crippen molar-refractivity contribution in [1.29, 1.82) is 0 Å². The van der Waals surface area contributed by atoms with Gasteiger partial charge in [-0.25, -0.2) is 0 Å². The van der Waals surface area contributed by atoms with Crippen LogP contribution in [0.2, 0.25) is 0 Å². The SMILES string of the molecule is CCCCCC(=O)N(c1ccc(C)cc1)c1cccc2cccnc12. The quantitative estimate of drug-likeness (QED) is 0.535. The van der Waals surface area contributed by atoms with Crippen LogP contribution in [-0.4, -0.2) is 10.9 Å². The molecule has 0 N–H and O–H groups in total. The maximum absolute atomic E-state index is 13.0. The van der Waals surface area contributed by atoms with E-state index in [9.17, 15) is 4.79 Å². The van der Waals surface area contributed by atoms with E-state index in [1.165, 1.54) is 5.56 Å². The van der Waals surface area contributed by atoms with Gasteiger partial charge in [0.05, 0.1) is 11.2 Å². The van der Waals surface area contributed by atoms with Gasteiger partial charge >= 0.3 is 0 Å². The second-order valence-electron chi connectivity index (χ2n) is 6.37. The Morgan fingerprint density at radius 1 is 1.00 bits per heavy atom. The van der Waals surface area contributed by atoms with E-state index in [4.69, 9.17) is 0 Å². The fraction of sp³-hybridized carbons (Fsp3) is 0.273. The third-order valence-corrected chi connectivity index (χ3v) is 4.39. The number of benzene rings is 2. The average molecular weight is 332 g/mol. The highest BCUT2D eigenvalue weighted by Crippen LogP contribution is 2.32. The number of aryl methyl sites for hydroxylation is 1. The molecule has 0 aliphatic carbocycles. The van der Waals surface area contributed by atoms with Crippen LogP contribution >= 0.6 is 0 Å². The van der Waals surface area contributed by atoms with Gasteiger partial charge in [0.2, 0.25) is 5.91 Å². The Bertz CT molecular complexity index is 850. The second-order valence-corrected chi connectivity index (χ2v) is 6.37. The molecule has 0 unspecified atom stereocenters. The van der Waals surface area contributed by atoms with Crippen molar-refractivity contribution in [2.24, 2.45) is 0 Å². The molecule has 0 saturated heterocycles. The van der Waals surface area contributed by atoms with Crippen molar-refractivity contribution >= 4 is 28.2 Å². The highest BCUT2D eigenvalue weighted by atomic mass is 16.2. The normalized spacial score (nSPS) is 10.8. The molecule has 0 atom stereocenters. The molecule has 3 nitrogen and oxygen atoms in total. The first kappa shape index (κ1) is 17.2. The first-order valence-corrected chi connectivity index (χ1v) is 8.94. The smallest absolute Gasteiger partial charge is 0.231 e. The van der Waals surface area contributed by atoms with Gasteiger partial charge < -0.3 is 0 Å². The Labute approximate surface area is 149 Å². The summed E-state index contributed by atoms with van der Waals surface area (Å²) in [4.78, 5) is 19.4. The zero-order chi connectivity index (χ0) is 17.6. The number of hydrogen-bond donors (Lipinski definition) is 0. The van der Waals surface area contributed by atoms with E-state index in [-0.39, 0.29) is 5.91 Å². The van der Waals surface area contributed by atoms with Crippen molar-refractivity contribution in [2.75, 3.05) is 4.90 Å². The molecule has 1 heterocycles. The van der Waals surface area contributed by atoms with Crippen LogP contribution < -0.4 is 4.90 Å². The van der Waals surface area contributed by atoms with E-state index in [2.05, 4.69) is 18.8 Å². The highest BCUT2D eigenvalue weighted by molar-refractivity contribution is 6.07. The number of para-hydroxylation sites is 1. The molecule has 0 spiro atoms. The molecule has 0 aliphatic heterocycles. The molecule has 25 heavy (non-hydrogen) atoms. The summed E-state index contributed by atoms with van der Waals surface area (Å²) >= 11 is 0. The van der Waals surface area contributed by atoms with Crippen LogP contribution in [0.3, 0.4) is 0 Å². The minimum atomic E-state index is 0.121. The van der Waals surface area contributed by atoms with E-state index in [1.807, 2.05) is 59.5 Å².